The lowest BCUT2D eigenvalue weighted by molar-refractivity contribution is 0.414. The van der Waals surface area contributed by atoms with Crippen molar-refractivity contribution in [2.45, 2.75) is 27.2 Å². The summed E-state index contributed by atoms with van der Waals surface area (Å²) in [5.41, 5.74) is 11.3. The van der Waals surface area contributed by atoms with E-state index >= 15 is 0 Å². The molecule has 0 aromatic heterocycles. The first-order chi connectivity index (χ1) is 11.4. The maximum absolute atomic E-state index is 7.49. The number of benzene rings is 1. The van der Waals surface area contributed by atoms with Crippen molar-refractivity contribution in [2.24, 2.45) is 11.5 Å². The van der Waals surface area contributed by atoms with Crippen molar-refractivity contribution in [3.8, 4) is 5.75 Å². The number of nitrogens with two attached hydrogens (primary N) is 2. The summed E-state index contributed by atoms with van der Waals surface area (Å²) in [6, 6.07) is 5.19. The van der Waals surface area contributed by atoms with Gasteiger partial charge in [-0.2, -0.15) is 0 Å². The third kappa shape index (κ3) is 9.37. The van der Waals surface area contributed by atoms with Gasteiger partial charge in [-0.1, -0.05) is 26.0 Å². The number of rotatable bonds is 5. The Hall–Kier alpha value is -2.67. The van der Waals surface area contributed by atoms with Gasteiger partial charge >= 0.3 is 0 Å². The Morgan fingerprint density at radius 2 is 1.75 bits per heavy atom. The van der Waals surface area contributed by atoms with E-state index < -0.39 is 0 Å². The number of methoxy groups -OCH3 is 1. The molecule has 0 unspecified atom stereocenters. The Kier molecular flexibility index (Phi) is 13.7. The van der Waals surface area contributed by atoms with E-state index in [2.05, 4.69) is 5.73 Å². The first-order valence-corrected chi connectivity index (χ1v) is 7.51. The van der Waals surface area contributed by atoms with Crippen LogP contribution in [0.4, 0.5) is 0 Å². The van der Waals surface area contributed by atoms with Crippen molar-refractivity contribution in [1.29, 1.82) is 16.2 Å². The number of hydrogen-bond donors (Lipinski definition) is 5. The molecule has 1 aromatic rings. The highest BCUT2D eigenvalue weighted by atomic mass is 16.5. The van der Waals surface area contributed by atoms with E-state index in [1.807, 2.05) is 13.8 Å². The van der Waals surface area contributed by atoms with Crippen molar-refractivity contribution in [3.05, 3.63) is 35.4 Å². The summed E-state index contributed by atoms with van der Waals surface area (Å²) in [7, 11) is 3.06. The Morgan fingerprint density at radius 1 is 1.17 bits per heavy atom. The molecule has 134 valence electrons. The molecule has 7 nitrogen and oxygen atoms in total. The largest absolute Gasteiger partial charge is 0.496 e. The topological polar surface area (TPSA) is 142 Å². The number of nitrogen functional groups attached to an aromatic ring is 1. The van der Waals surface area contributed by atoms with Gasteiger partial charge in [0.1, 0.15) is 11.6 Å². The van der Waals surface area contributed by atoms with Crippen molar-refractivity contribution >= 4 is 23.7 Å². The molecule has 0 atom stereocenters. The molecule has 7 N–H and O–H groups in total. The molecule has 7 heteroatoms. The number of nitrogens with one attached hydrogen (secondary N) is 3. The molecule has 0 bridgehead atoms. The predicted molar refractivity (Wildman–Crippen MR) is 101 cm³/mol. The summed E-state index contributed by atoms with van der Waals surface area (Å²) in [6.07, 6.45) is 3.76. The third-order valence-corrected chi connectivity index (χ3v) is 2.42. The lowest BCUT2D eigenvalue weighted by atomic mass is 10.1. The number of hydrogen-bond acceptors (Lipinski definition) is 6. The molecule has 0 aliphatic heterocycles. The first-order valence-electron chi connectivity index (χ1n) is 7.51. The van der Waals surface area contributed by atoms with Crippen LogP contribution < -0.4 is 16.2 Å². The van der Waals surface area contributed by atoms with Crippen molar-refractivity contribution in [3.63, 3.8) is 0 Å². The van der Waals surface area contributed by atoms with Crippen LogP contribution in [0.15, 0.2) is 24.3 Å². The minimum atomic E-state index is -0.0159. The van der Waals surface area contributed by atoms with Crippen LogP contribution in [0.25, 0.3) is 6.08 Å². The van der Waals surface area contributed by atoms with Gasteiger partial charge in [0.25, 0.3) is 0 Å². The van der Waals surface area contributed by atoms with Gasteiger partial charge in [-0.3, -0.25) is 16.2 Å². The van der Waals surface area contributed by atoms with Crippen LogP contribution in [0.1, 0.15) is 38.3 Å². The average molecular weight is 335 g/mol. The molecule has 0 aliphatic carbocycles. The lowest BCUT2D eigenvalue weighted by Crippen LogP contribution is -2.11. The van der Waals surface area contributed by atoms with Gasteiger partial charge in [0.2, 0.25) is 0 Å². The van der Waals surface area contributed by atoms with Crippen molar-refractivity contribution < 1.29 is 9.47 Å². The smallest absolute Gasteiger partial charge is 0.192 e. The van der Waals surface area contributed by atoms with E-state index in [1.165, 1.54) is 14.0 Å². The molecule has 1 rings (SSSR count). The quantitative estimate of drug-likeness (QED) is 0.416. The molecular formula is C17H29N5O2. The van der Waals surface area contributed by atoms with E-state index in [0.29, 0.717) is 11.3 Å². The minimum absolute atomic E-state index is 0.00422. The molecule has 0 fully saturated rings. The van der Waals surface area contributed by atoms with Gasteiger partial charge in [0, 0.05) is 24.5 Å². The van der Waals surface area contributed by atoms with Crippen LogP contribution in [0.2, 0.25) is 0 Å². The molecule has 0 aliphatic rings. The molecule has 24 heavy (non-hydrogen) atoms. The highest BCUT2D eigenvalue weighted by Gasteiger charge is 2.04. The minimum Gasteiger partial charge on any atom is -0.496 e. The molecule has 0 spiro atoms. The zero-order valence-electron chi connectivity index (χ0n) is 15.1. The van der Waals surface area contributed by atoms with E-state index in [-0.39, 0.29) is 24.1 Å². The maximum atomic E-state index is 7.49. The lowest BCUT2D eigenvalue weighted by Gasteiger charge is -2.07. The number of amidine groups is 1. The summed E-state index contributed by atoms with van der Waals surface area (Å²) in [5.74, 6) is 0.620. The van der Waals surface area contributed by atoms with Crippen LogP contribution in [0.5, 0.6) is 5.75 Å². The highest BCUT2D eigenvalue weighted by Crippen LogP contribution is 2.21. The standard InChI is InChI=1S/C14H18N4O2.C2H6.CH5N/c1-9(15)20-13(16)5-3-4-10-8-11(14(17)18)6-7-12(10)19-2;2*1-2/h3-4,6-8,15-16H,5H2,1-2H3,(H3,17,18);1-2H3;2H2,1H3/b4-3+,15-9?,16-13?;;. The van der Waals surface area contributed by atoms with Gasteiger partial charge in [0.15, 0.2) is 11.8 Å². The Morgan fingerprint density at radius 3 is 2.21 bits per heavy atom. The molecular weight excluding hydrogens is 306 g/mol. The second-order valence-electron chi connectivity index (χ2n) is 4.06. The van der Waals surface area contributed by atoms with Crippen molar-refractivity contribution in [2.75, 3.05) is 14.2 Å². The van der Waals surface area contributed by atoms with Gasteiger partial charge in [-0.05, 0) is 25.2 Å². The molecule has 0 amide bonds. The van der Waals surface area contributed by atoms with Crippen LogP contribution in [-0.2, 0) is 4.74 Å². The molecule has 0 saturated heterocycles. The predicted octanol–water partition coefficient (Wildman–Crippen LogP) is 2.97. The summed E-state index contributed by atoms with van der Waals surface area (Å²) in [4.78, 5) is 0. The summed E-state index contributed by atoms with van der Waals surface area (Å²) >= 11 is 0. The molecule has 0 radical (unpaired) electrons. The monoisotopic (exact) mass is 335 g/mol. The van der Waals surface area contributed by atoms with E-state index in [0.717, 1.165) is 5.56 Å². The highest BCUT2D eigenvalue weighted by molar-refractivity contribution is 5.95. The third-order valence-electron chi connectivity index (χ3n) is 2.42. The summed E-state index contributed by atoms with van der Waals surface area (Å²) in [6.45, 7) is 5.47. The zero-order valence-corrected chi connectivity index (χ0v) is 15.1. The Bertz CT molecular complexity index is 568. The fraction of sp³-hybridized carbons (Fsp3) is 0.353. The van der Waals surface area contributed by atoms with E-state index in [9.17, 15) is 0 Å². The molecule has 0 saturated carbocycles. The average Bonchev–Trinajstić information content (AvgIpc) is 2.57. The van der Waals surface area contributed by atoms with E-state index in [1.54, 1.807) is 37.5 Å². The Labute approximate surface area is 144 Å². The fourth-order valence-corrected chi connectivity index (χ4v) is 1.55. The van der Waals surface area contributed by atoms with Gasteiger partial charge in [0.05, 0.1) is 7.11 Å². The van der Waals surface area contributed by atoms with Crippen LogP contribution >= 0.6 is 0 Å². The summed E-state index contributed by atoms with van der Waals surface area (Å²) < 4.78 is 10.1. The SMILES string of the molecule is CC.CN.COc1ccc(C(=N)N)cc1/C=C/CC(=N)OC(C)=N. The maximum Gasteiger partial charge on any atom is 0.192 e. The van der Waals surface area contributed by atoms with Gasteiger partial charge in [-0.15, -0.1) is 0 Å². The fourth-order valence-electron chi connectivity index (χ4n) is 1.55. The Balaban J connectivity index is 0. The normalized spacial score (nSPS) is 9.08. The van der Waals surface area contributed by atoms with Crippen LogP contribution in [0.3, 0.4) is 0 Å². The van der Waals surface area contributed by atoms with Crippen LogP contribution in [0, 0.1) is 16.2 Å². The first kappa shape index (κ1) is 23.6. The zero-order chi connectivity index (χ0) is 19.1. The molecule has 1 aromatic carbocycles. The second kappa shape index (κ2) is 14.0. The van der Waals surface area contributed by atoms with Crippen LogP contribution in [-0.4, -0.2) is 31.8 Å². The van der Waals surface area contributed by atoms with Gasteiger partial charge < -0.3 is 20.9 Å². The number of ether oxygens (including phenoxy) is 2. The van der Waals surface area contributed by atoms with E-state index in [4.69, 9.17) is 31.4 Å². The second-order valence-corrected chi connectivity index (χ2v) is 4.06. The summed E-state index contributed by atoms with van der Waals surface area (Å²) in [5, 5.41) is 22.0. The van der Waals surface area contributed by atoms with Gasteiger partial charge in [-0.25, -0.2) is 0 Å². The van der Waals surface area contributed by atoms with Crippen molar-refractivity contribution in [1.82, 2.24) is 0 Å². The molecule has 0 heterocycles.